The Bertz CT molecular complexity index is 268. The Hall–Kier alpha value is -1.26. The highest BCUT2D eigenvalue weighted by molar-refractivity contribution is 5.79. The molecule has 1 amide bonds. The number of alkyl carbamates (subject to hydrolysis) is 1. The molecule has 0 fully saturated rings. The minimum absolute atomic E-state index is 0.400. The van der Waals surface area contributed by atoms with E-state index in [1.54, 1.807) is 20.8 Å². The molecule has 2 N–H and O–H groups in total. The summed E-state index contributed by atoms with van der Waals surface area (Å²) in [7, 11) is 0. The number of carboxylic acid groups (broad SMARTS) is 1. The molecule has 100 valence electrons. The maximum atomic E-state index is 11.4. The van der Waals surface area contributed by atoms with Gasteiger partial charge in [0.25, 0.3) is 0 Å². The molecule has 0 aliphatic rings. The van der Waals surface area contributed by atoms with Crippen molar-refractivity contribution in [2.24, 2.45) is 5.92 Å². The molecule has 0 spiro atoms. The van der Waals surface area contributed by atoms with Gasteiger partial charge < -0.3 is 15.2 Å². The first-order valence-electron chi connectivity index (χ1n) is 5.84. The van der Waals surface area contributed by atoms with Crippen LogP contribution in [0.1, 0.15) is 47.5 Å². The van der Waals surface area contributed by atoms with Crippen molar-refractivity contribution in [2.75, 3.05) is 0 Å². The van der Waals surface area contributed by atoms with Crippen molar-refractivity contribution in [1.29, 1.82) is 0 Å². The van der Waals surface area contributed by atoms with Gasteiger partial charge in [-0.2, -0.15) is 0 Å². The van der Waals surface area contributed by atoms with Crippen LogP contribution in [0, 0.1) is 5.92 Å². The number of hydrogen-bond donors (Lipinski definition) is 2. The zero-order chi connectivity index (χ0) is 13.6. The molecule has 5 nitrogen and oxygen atoms in total. The molecular weight excluding hydrogens is 222 g/mol. The molecule has 1 unspecified atom stereocenters. The molecule has 0 heterocycles. The summed E-state index contributed by atoms with van der Waals surface area (Å²) in [5, 5.41) is 11.3. The Morgan fingerprint density at radius 3 is 2.12 bits per heavy atom. The monoisotopic (exact) mass is 245 g/mol. The maximum Gasteiger partial charge on any atom is 0.408 e. The Labute approximate surface area is 103 Å². The van der Waals surface area contributed by atoms with Crippen molar-refractivity contribution >= 4 is 12.1 Å². The zero-order valence-electron chi connectivity index (χ0n) is 11.2. The van der Waals surface area contributed by atoms with Gasteiger partial charge in [0.15, 0.2) is 0 Å². The number of amides is 1. The first-order valence-corrected chi connectivity index (χ1v) is 5.84. The van der Waals surface area contributed by atoms with Crippen molar-refractivity contribution in [3.63, 3.8) is 0 Å². The van der Waals surface area contributed by atoms with E-state index in [9.17, 15) is 9.59 Å². The van der Waals surface area contributed by atoms with Gasteiger partial charge in [-0.05, 0) is 39.5 Å². The Balaban J connectivity index is 4.26. The van der Waals surface area contributed by atoms with Crippen LogP contribution in [-0.2, 0) is 9.53 Å². The van der Waals surface area contributed by atoms with Gasteiger partial charge in [-0.1, -0.05) is 13.8 Å². The van der Waals surface area contributed by atoms with Gasteiger partial charge in [0.05, 0.1) is 0 Å². The zero-order valence-corrected chi connectivity index (χ0v) is 11.2. The molecule has 0 saturated heterocycles. The highest BCUT2D eigenvalue weighted by Crippen LogP contribution is 2.10. The largest absolute Gasteiger partial charge is 0.480 e. The molecule has 0 aromatic heterocycles. The summed E-state index contributed by atoms with van der Waals surface area (Å²) < 4.78 is 5.01. The minimum Gasteiger partial charge on any atom is -0.480 e. The number of carbonyl (C=O) groups excluding carboxylic acids is 1. The number of carboxylic acids is 1. The van der Waals surface area contributed by atoms with Gasteiger partial charge in [0.1, 0.15) is 11.6 Å². The van der Waals surface area contributed by atoms with E-state index < -0.39 is 23.7 Å². The van der Waals surface area contributed by atoms with Crippen molar-refractivity contribution < 1.29 is 19.4 Å². The third kappa shape index (κ3) is 8.54. The quantitative estimate of drug-likeness (QED) is 0.779. The lowest BCUT2D eigenvalue weighted by Gasteiger charge is -2.22. The molecule has 0 aliphatic heterocycles. The smallest absolute Gasteiger partial charge is 0.408 e. The van der Waals surface area contributed by atoms with E-state index in [0.717, 1.165) is 6.42 Å². The second-order valence-electron chi connectivity index (χ2n) is 5.51. The summed E-state index contributed by atoms with van der Waals surface area (Å²) in [5.41, 5.74) is -0.620. The predicted octanol–water partition coefficient (Wildman–Crippen LogP) is 2.40. The summed E-state index contributed by atoms with van der Waals surface area (Å²) in [6, 6.07) is -0.882. The van der Waals surface area contributed by atoms with Gasteiger partial charge in [-0.25, -0.2) is 9.59 Å². The van der Waals surface area contributed by atoms with Crippen LogP contribution in [0.15, 0.2) is 0 Å². The lowest BCUT2D eigenvalue weighted by molar-refractivity contribution is -0.139. The van der Waals surface area contributed by atoms with Gasteiger partial charge >= 0.3 is 12.1 Å². The summed E-state index contributed by atoms with van der Waals surface area (Å²) in [6.07, 6.45) is 0.465. The van der Waals surface area contributed by atoms with E-state index >= 15 is 0 Å². The van der Waals surface area contributed by atoms with E-state index in [-0.39, 0.29) is 0 Å². The lowest BCUT2D eigenvalue weighted by Crippen LogP contribution is -2.43. The summed E-state index contributed by atoms with van der Waals surface area (Å²) in [5.74, 6) is -0.631. The van der Waals surface area contributed by atoms with Crippen molar-refractivity contribution in [1.82, 2.24) is 5.32 Å². The standard InChI is InChI=1S/C12H23NO4/c1-8(2)6-7-9(10(14)15)13-11(16)17-12(3,4)5/h8-9H,6-7H2,1-5H3,(H,13,16)(H,14,15). The van der Waals surface area contributed by atoms with Gasteiger partial charge in [0.2, 0.25) is 0 Å². The van der Waals surface area contributed by atoms with E-state index in [4.69, 9.17) is 9.84 Å². The molecule has 5 heteroatoms. The molecule has 0 saturated carbocycles. The molecule has 17 heavy (non-hydrogen) atoms. The molecule has 0 aromatic carbocycles. The Morgan fingerprint density at radius 1 is 1.24 bits per heavy atom. The fraction of sp³-hybridized carbons (Fsp3) is 0.833. The van der Waals surface area contributed by atoms with Crippen molar-refractivity contribution in [3.8, 4) is 0 Å². The minimum atomic E-state index is -1.03. The Morgan fingerprint density at radius 2 is 1.76 bits per heavy atom. The summed E-state index contributed by atoms with van der Waals surface area (Å²) >= 11 is 0. The van der Waals surface area contributed by atoms with Crippen LogP contribution in [0.2, 0.25) is 0 Å². The number of hydrogen-bond acceptors (Lipinski definition) is 3. The maximum absolute atomic E-state index is 11.4. The van der Waals surface area contributed by atoms with Crippen LogP contribution < -0.4 is 5.32 Å². The average Bonchev–Trinajstić information content (AvgIpc) is 2.08. The number of ether oxygens (including phenoxy) is 1. The summed E-state index contributed by atoms with van der Waals surface area (Å²) in [4.78, 5) is 22.4. The predicted molar refractivity (Wildman–Crippen MR) is 64.9 cm³/mol. The Kier molecular flexibility index (Phi) is 5.99. The van der Waals surface area contributed by atoms with E-state index in [2.05, 4.69) is 5.32 Å². The second kappa shape index (κ2) is 6.47. The first kappa shape index (κ1) is 15.7. The number of nitrogens with one attached hydrogen (secondary N) is 1. The normalized spacial score (nSPS) is 13.3. The van der Waals surface area contributed by atoms with E-state index in [1.807, 2.05) is 13.8 Å². The molecule has 0 radical (unpaired) electrons. The fourth-order valence-corrected chi connectivity index (χ4v) is 1.21. The molecule has 1 atom stereocenters. The highest BCUT2D eigenvalue weighted by atomic mass is 16.6. The second-order valence-corrected chi connectivity index (χ2v) is 5.51. The lowest BCUT2D eigenvalue weighted by atomic mass is 10.0. The average molecular weight is 245 g/mol. The van der Waals surface area contributed by atoms with Crippen molar-refractivity contribution in [2.45, 2.75) is 59.1 Å². The summed E-state index contributed by atoms with van der Waals surface area (Å²) in [6.45, 7) is 9.21. The topological polar surface area (TPSA) is 75.6 Å². The van der Waals surface area contributed by atoms with Gasteiger partial charge in [-0.15, -0.1) is 0 Å². The van der Waals surface area contributed by atoms with Gasteiger partial charge in [0, 0.05) is 0 Å². The molecule has 0 aromatic rings. The van der Waals surface area contributed by atoms with E-state index in [0.29, 0.717) is 12.3 Å². The van der Waals surface area contributed by atoms with Crippen LogP contribution in [0.5, 0.6) is 0 Å². The van der Waals surface area contributed by atoms with Crippen molar-refractivity contribution in [3.05, 3.63) is 0 Å². The molecule has 0 aliphatic carbocycles. The SMILES string of the molecule is CC(C)CCC(NC(=O)OC(C)(C)C)C(=O)O. The first-order chi connectivity index (χ1) is 7.61. The highest BCUT2D eigenvalue weighted by Gasteiger charge is 2.23. The van der Waals surface area contributed by atoms with Crippen LogP contribution in [0.3, 0.4) is 0 Å². The van der Waals surface area contributed by atoms with Crippen LogP contribution in [0.25, 0.3) is 0 Å². The molecule has 0 rings (SSSR count). The third-order valence-corrected chi connectivity index (χ3v) is 2.02. The van der Waals surface area contributed by atoms with Crippen LogP contribution >= 0.6 is 0 Å². The van der Waals surface area contributed by atoms with Gasteiger partial charge in [-0.3, -0.25) is 0 Å². The number of carbonyl (C=O) groups is 2. The van der Waals surface area contributed by atoms with Crippen LogP contribution in [0.4, 0.5) is 4.79 Å². The fourth-order valence-electron chi connectivity index (χ4n) is 1.21. The number of aliphatic carboxylic acids is 1. The van der Waals surface area contributed by atoms with E-state index in [1.165, 1.54) is 0 Å². The van der Waals surface area contributed by atoms with Crippen LogP contribution in [-0.4, -0.2) is 28.8 Å². The molecule has 0 bridgehead atoms. The number of rotatable bonds is 5. The third-order valence-electron chi connectivity index (χ3n) is 2.02. The molecular formula is C12H23NO4.